The van der Waals surface area contributed by atoms with Gasteiger partial charge in [0.2, 0.25) is 5.91 Å². The molecule has 0 saturated carbocycles. The van der Waals surface area contributed by atoms with Crippen molar-refractivity contribution in [2.24, 2.45) is 0 Å². The maximum absolute atomic E-state index is 11.2. The zero-order valence-electron chi connectivity index (χ0n) is 9.55. The molecule has 1 rings (SSSR count). The Hall–Kier alpha value is -1.22. The first kappa shape index (κ1) is 12.8. The number of rotatable bonds is 5. The second-order valence-corrected chi connectivity index (χ2v) is 3.80. The van der Waals surface area contributed by atoms with Crippen LogP contribution in [0.25, 0.3) is 0 Å². The number of carbonyl (C=O) groups excluding carboxylic acids is 1. The summed E-state index contributed by atoms with van der Waals surface area (Å²) in [7, 11) is 0. The third kappa shape index (κ3) is 3.74. The fraction of sp³-hybridized carbons (Fsp3) is 0.417. The third-order valence-corrected chi connectivity index (χ3v) is 2.23. The van der Waals surface area contributed by atoms with Crippen molar-refractivity contribution in [2.75, 3.05) is 17.8 Å². The van der Waals surface area contributed by atoms with E-state index in [1.54, 1.807) is 0 Å². The predicted octanol–water partition coefficient (Wildman–Crippen LogP) is 2.96. The molecule has 0 spiro atoms. The number of nitrogens with one attached hydrogen (secondary N) is 1. The summed E-state index contributed by atoms with van der Waals surface area (Å²) in [6.07, 6.45) is 0.927. The minimum absolute atomic E-state index is 0.0544. The lowest BCUT2D eigenvalue weighted by Crippen LogP contribution is -2.13. The van der Waals surface area contributed by atoms with Gasteiger partial charge >= 0.3 is 0 Å². The largest absolute Gasteiger partial charge is 0.491 e. The number of carbonyl (C=O) groups is 1. The van der Waals surface area contributed by atoms with Crippen LogP contribution in [-0.2, 0) is 4.79 Å². The SMILES string of the molecule is CCCOc1ccc(C)cc1NC(=O)CCl. The number of halogens is 1. The Morgan fingerprint density at radius 3 is 2.88 bits per heavy atom. The van der Waals surface area contributed by atoms with Crippen molar-refractivity contribution in [3.8, 4) is 5.75 Å². The molecule has 0 aliphatic carbocycles. The monoisotopic (exact) mass is 241 g/mol. The molecule has 0 heterocycles. The molecule has 0 atom stereocenters. The van der Waals surface area contributed by atoms with Gasteiger partial charge in [0, 0.05) is 0 Å². The van der Waals surface area contributed by atoms with Crippen LogP contribution < -0.4 is 10.1 Å². The van der Waals surface area contributed by atoms with Crippen LogP contribution in [0.4, 0.5) is 5.69 Å². The van der Waals surface area contributed by atoms with Gasteiger partial charge in [0.15, 0.2) is 0 Å². The van der Waals surface area contributed by atoms with E-state index in [-0.39, 0.29) is 11.8 Å². The number of ether oxygens (including phenoxy) is 1. The first-order valence-corrected chi connectivity index (χ1v) is 5.80. The Bertz CT molecular complexity index is 366. The smallest absolute Gasteiger partial charge is 0.239 e. The summed E-state index contributed by atoms with van der Waals surface area (Å²) >= 11 is 5.45. The van der Waals surface area contributed by atoms with Gasteiger partial charge in [0.25, 0.3) is 0 Å². The highest BCUT2D eigenvalue weighted by Gasteiger charge is 2.07. The number of anilines is 1. The van der Waals surface area contributed by atoms with Crippen LogP contribution in [0.15, 0.2) is 18.2 Å². The Balaban J connectivity index is 2.84. The van der Waals surface area contributed by atoms with Crippen LogP contribution in [0.5, 0.6) is 5.75 Å². The van der Waals surface area contributed by atoms with Gasteiger partial charge in [0.1, 0.15) is 11.6 Å². The van der Waals surface area contributed by atoms with E-state index in [1.165, 1.54) is 0 Å². The molecule has 4 heteroatoms. The number of hydrogen-bond acceptors (Lipinski definition) is 2. The van der Waals surface area contributed by atoms with E-state index >= 15 is 0 Å². The maximum Gasteiger partial charge on any atom is 0.239 e. The fourth-order valence-electron chi connectivity index (χ4n) is 1.26. The fourth-order valence-corrected chi connectivity index (χ4v) is 1.33. The second-order valence-electron chi connectivity index (χ2n) is 3.53. The molecule has 88 valence electrons. The Morgan fingerprint density at radius 2 is 2.25 bits per heavy atom. The van der Waals surface area contributed by atoms with Gasteiger partial charge in [-0.2, -0.15) is 0 Å². The molecule has 0 bridgehead atoms. The van der Waals surface area contributed by atoms with E-state index in [0.29, 0.717) is 18.0 Å². The summed E-state index contributed by atoms with van der Waals surface area (Å²) in [5, 5.41) is 2.71. The Kier molecular flexibility index (Phi) is 5.12. The van der Waals surface area contributed by atoms with Crippen LogP contribution in [0, 0.1) is 6.92 Å². The van der Waals surface area contributed by atoms with E-state index in [9.17, 15) is 4.79 Å². The van der Waals surface area contributed by atoms with Crippen molar-refractivity contribution in [3.05, 3.63) is 23.8 Å². The van der Waals surface area contributed by atoms with Crippen LogP contribution in [0.2, 0.25) is 0 Å². The van der Waals surface area contributed by atoms with Crippen molar-refractivity contribution < 1.29 is 9.53 Å². The topological polar surface area (TPSA) is 38.3 Å². The van der Waals surface area contributed by atoms with E-state index in [0.717, 1.165) is 12.0 Å². The van der Waals surface area contributed by atoms with E-state index in [1.807, 2.05) is 32.0 Å². The molecule has 0 aliphatic heterocycles. The number of alkyl halides is 1. The molecule has 0 aromatic heterocycles. The highest BCUT2D eigenvalue weighted by Crippen LogP contribution is 2.25. The van der Waals surface area contributed by atoms with Gasteiger partial charge in [-0.1, -0.05) is 13.0 Å². The molecule has 0 radical (unpaired) electrons. The maximum atomic E-state index is 11.2. The minimum atomic E-state index is -0.228. The molecule has 1 amide bonds. The van der Waals surface area contributed by atoms with Crippen molar-refractivity contribution in [2.45, 2.75) is 20.3 Å². The number of aryl methyl sites for hydroxylation is 1. The van der Waals surface area contributed by atoms with Gasteiger partial charge < -0.3 is 10.1 Å². The first-order valence-electron chi connectivity index (χ1n) is 5.26. The second kappa shape index (κ2) is 6.38. The average molecular weight is 242 g/mol. The summed E-state index contributed by atoms with van der Waals surface area (Å²) in [5.41, 5.74) is 1.74. The molecule has 1 aromatic carbocycles. The van der Waals surface area contributed by atoms with E-state index < -0.39 is 0 Å². The summed E-state index contributed by atoms with van der Waals surface area (Å²) in [6.45, 7) is 4.62. The first-order chi connectivity index (χ1) is 7.67. The predicted molar refractivity (Wildman–Crippen MR) is 66.3 cm³/mol. The summed E-state index contributed by atoms with van der Waals surface area (Å²) in [4.78, 5) is 11.2. The van der Waals surface area contributed by atoms with E-state index in [2.05, 4.69) is 5.32 Å². The van der Waals surface area contributed by atoms with Crippen molar-refractivity contribution in [1.82, 2.24) is 0 Å². The lowest BCUT2D eigenvalue weighted by molar-refractivity contribution is -0.113. The van der Waals surface area contributed by atoms with Crippen molar-refractivity contribution in [1.29, 1.82) is 0 Å². The summed E-state index contributed by atoms with van der Waals surface area (Å²) in [6, 6.07) is 5.67. The molecule has 0 unspecified atom stereocenters. The summed E-state index contributed by atoms with van der Waals surface area (Å²) in [5.74, 6) is 0.403. The van der Waals surface area contributed by atoms with Crippen molar-refractivity contribution in [3.63, 3.8) is 0 Å². The van der Waals surface area contributed by atoms with Gasteiger partial charge in [-0.15, -0.1) is 11.6 Å². The minimum Gasteiger partial charge on any atom is -0.491 e. The van der Waals surface area contributed by atoms with E-state index in [4.69, 9.17) is 16.3 Å². The Morgan fingerprint density at radius 1 is 1.50 bits per heavy atom. The van der Waals surface area contributed by atoms with Crippen molar-refractivity contribution >= 4 is 23.2 Å². The van der Waals surface area contributed by atoms with Gasteiger partial charge in [0.05, 0.1) is 12.3 Å². The molecule has 1 aromatic rings. The molecule has 16 heavy (non-hydrogen) atoms. The number of amides is 1. The normalized spacial score (nSPS) is 9.94. The van der Waals surface area contributed by atoms with Crippen LogP contribution in [0.1, 0.15) is 18.9 Å². The standard InChI is InChI=1S/C12H16ClNO2/c1-3-6-16-11-5-4-9(2)7-10(11)14-12(15)8-13/h4-5,7H,3,6,8H2,1-2H3,(H,14,15). The quantitative estimate of drug-likeness (QED) is 0.805. The number of benzene rings is 1. The molecule has 0 saturated heterocycles. The molecule has 0 fully saturated rings. The molecule has 1 N–H and O–H groups in total. The van der Waals surface area contributed by atoms with Gasteiger partial charge in [-0.3, -0.25) is 4.79 Å². The van der Waals surface area contributed by atoms with Gasteiger partial charge in [-0.05, 0) is 31.0 Å². The molecule has 3 nitrogen and oxygen atoms in total. The van der Waals surface area contributed by atoms with Crippen LogP contribution in [-0.4, -0.2) is 18.4 Å². The Labute approximate surface area is 101 Å². The van der Waals surface area contributed by atoms with Gasteiger partial charge in [-0.25, -0.2) is 0 Å². The third-order valence-electron chi connectivity index (χ3n) is 1.99. The van der Waals surface area contributed by atoms with Crippen LogP contribution >= 0.6 is 11.6 Å². The molecular formula is C12H16ClNO2. The highest BCUT2D eigenvalue weighted by molar-refractivity contribution is 6.29. The lowest BCUT2D eigenvalue weighted by Gasteiger charge is -2.12. The zero-order chi connectivity index (χ0) is 12.0. The molecular weight excluding hydrogens is 226 g/mol. The highest BCUT2D eigenvalue weighted by atomic mass is 35.5. The zero-order valence-corrected chi connectivity index (χ0v) is 10.3. The number of hydrogen-bond donors (Lipinski definition) is 1. The molecule has 0 aliphatic rings. The lowest BCUT2D eigenvalue weighted by atomic mass is 10.2. The average Bonchev–Trinajstić information content (AvgIpc) is 2.28. The van der Waals surface area contributed by atoms with Crippen LogP contribution in [0.3, 0.4) is 0 Å². The summed E-state index contributed by atoms with van der Waals surface area (Å²) < 4.78 is 5.53.